The second-order valence-electron chi connectivity index (χ2n) is 2.28. The van der Waals surface area contributed by atoms with Crippen LogP contribution >= 0.6 is 0 Å². The van der Waals surface area contributed by atoms with Crippen molar-refractivity contribution in [1.29, 1.82) is 0 Å². The van der Waals surface area contributed by atoms with Crippen LogP contribution in [0.4, 0.5) is 0 Å². The first-order valence-electron chi connectivity index (χ1n) is 3.89. The van der Waals surface area contributed by atoms with E-state index in [-0.39, 0.29) is 6.61 Å². The van der Waals surface area contributed by atoms with Crippen LogP contribution in [0.5, 0.6) is 0 Å². The summed E-state index contributed by atoms with van der Waals surface area (Å²) in [5.41, 5.74) is 0. The van der Waals surface area contributed by atoms with Gasteiger partial charge in [-0.1, -0.05) is 13.5 Å². The van der Waals surface area contributed by atoms with E-state index in [1.807, 2.05) is 12.2 Å². The number of esters is 1. The van der Waals surface area contributed by atoms with Crippen LogP contribution in [0.15, 0.2) is 12.7 Å². The smallest absolute Gasteiger partial charge is 0.356 e. The second-order valence-corrected chi connectivity index (χ2v) is 2.28. The molecular weight excluding hydrogens is 174 g/mol. The van der Waals surface area contributed by atoms with Crippen LogP contribution in [0.25, 0.3) is 0 Å². The van der Waals surface area contributed by atoms with Crippen molar-refractivity contribution in [3.05, 3.63) is 12.7 Å². The molecule has 2 N–H and O–H groups in total. The van der Waals surface area contributed by atoms with Crippen molar-refractivity contribution >= 4 is 11.9 Å². The Labute approximate surface area is 76.4 Å². The van der Waals surface area contributed by atoms with Crippen molar-refractivity contribution in [1.82, 2.24) is 5.32 Å². The highest BCUT2D eigenvalue weighted by Crippen LogP contribution is 1.87. The fraction of sp³-hybridized carbons (Fsp3) is 0.500. The number of carbonyl (C=O) groups excluding carboxylic acids is 2. The van der Waals surface area contributed by atoms with E-state index >= 15 is 0 Å². The Morgan fingerprint density at radius 2 is 2.31 bits per heavy atom. The summed E-state index contributed by atoms with van der Waals surface area (Å²) in [4.78, 5) is 21.4. The van der Waals surface area contributed by atoms with Crippen molar-refractivity contribution in [2.45, 2.75) is 19.6 Å². The van der Waals surface area contributed by atoms with Gasteiger partial charge in [0.25, 0.3) is 0 Å². The summed E-state index contributed by atoms with van der Waals surface area (Å²) < 4.78 is 4.56. The number of nitrogens with one attached hydrogen (secondary N) is 1. The number of carbonyl (C=O) groups is 2. The van der Waals surface area contributed by atoms with Gasteiger partial charge in [0.15, 0.2) is 0 Å². The summed E-state index contributed by atoms with van der Waals surface area (Å²) in [6.45, 7) is 5.20. The van der Waals surface area contributed by atoms with Crippen molar-refractivity contribution < 1.29 is 19.4 Å². The zero-order valence-electron chi connectivity index (χ0n) is 7.45. The molecule has 0 radical (unpaired) electrons. The molecule has 0 aliphatic heterocycles. The average molecular weight is 187 g/mol. The van der Waals surface area contributed by atoms with Crippen LogP contribution in [-0.4, -0.2) is 29.8 Å². The molecule has 0 aliphatic carbocycles. The maximum Gasteiger partial charge on any atom is 0.356 e. The zero-order chi connectivity index (χ0) is 10.3. The molecule has 74 valence electrons. The Hall–Kier alpha value is -1.36. The molecule has 0 fully saturated rings. The molecule has 0 aromatic carbocycles. The van der Waals surface area contributed by atoms with Crippen LogP contribution in [0.3, 0.4) is 0 Å². The predicted octanol–water partition coefficient (Wildman–Crippen LogP) is -0.440. The van der Waals surface area contributed by atoms with Crippen molar-refractivity contribution in [3.8, 4) is 0 Å². The predicted molar refractivity (Wildman–Crippen MR) is 45.6 cm³/mol. The Balaban J connectivity index is 3.81. The Morgan fingerprint density at radius 3 is 2.77 bits per heavy atom. The molecule has 1 atom stereocenters. The molecule has 0 saturated carbocycles. The molecule has 13 heavy (non-hydrogen) atoms. The van der Waals surface area contributed by atoms with Crippen LogP contribution in [0.2, 0.25) is 0 Å². The molecular formula is C8H13NO4. The quantitative estimate of drug-likeness (QED) is 0.347. The lowest BCUT2D eigenvalue weighted by molar-refractivity contribution is -0.157. The first-order chi connectivity index (χ1) is 6.11. The zero-order valence-corrected chi connectivity index (χ0v) is 7.45. The third-order valence-corrected chi connectivity index (χ3v) is 1.14. The molecule has 0 rings (SSSR count). The second kappa shape index (κ2) is 6.19. The first-order valence-corrected chi connectivity index (χ1v) is 3.89. The highest BCUT2D eigenvalue weighted by atomic mass is 16.5. The summed E-state index contributed by atoms with van der Waals surface area (Å²) in [5, 5.41) is 11.0. The van der Waals surface area contributed by atoms with Crippen molar-refractivity contribution in [2.24, 2.45) is 0 Å². The molecule has 1 unspecified atom stereocenters. The van der Waals surface area contributed by atoms with Gasteiger partial charge in [0, 0.05) is 0 Å². The number of ether oxygens (including phenoxy) is 1. The van der Waals surface area contributed by atoms with Crippen LogP contribution in [0.1, 0.15) is 13.3 Å². The summed E-state index contributed by atoms with van der Waals surface area (Å²) in [6, 6.07) is 0. The molecule has 0 aliphatic rings. The number of aliphatic hydroxyl groups is 1. The minimum atomic E-state index is -1.61. The van der Waals surface area contributed by atoms with Gasteiger partial charge in [-0.15, -0.1) is 0 Å². The maximum absolute atomic E-state index is 10.8. The number of hydrogen-bond donors (Lipinski definition) is 2. The van der Waals surface area contributed by atoms with Gasteiger partial charge in [-0.25, -0.2) is 4.79 Å². The van der Waals surface area contributed by atoms with Gasteiger partial charge in [0.05, 0.1) is 6.61 Å². The average Bonchev–Trinajstić information content (AvgIpc) is 2.13. The molecule has 0 spiro atoms. The number of amides is 1. The van der Waals surface area contributed by atoms with Gasteiger partial charge in [0.1, 0.15) is 0 Å². The first kappa shape index (κ1) is 11.6. The SMILES string of the molecule is C=CC(=O)NC(O)C(=O)OCCC. The number of rotatable bonds is 5. The lowest BCUT2D eigenvalue weighted by Gasteiger charge is -2.09. The van der Waals surface area contributed by atoms with Crippen LogP contribution in [0, 0.1) is 0 Å². The third kappa shape index (κ3) is 4.97. The molecule has 0 aromatic heterocycles. The van der Waals surface area contributed by atoms with E-state index in [0.717, 1.165) is 6.08 Å². The van der Waals surface area contributed by atoms with Crippen molar-refractivity contribution in [2.75, 3.05) is 6.61 Å². The van der Waals surface area contributed by atoms with E-state index in [0.29, 0.717) is 6.42 Å². The number of hydrogen-bond acceptors (Lipinski definition) is 4. The summed E-state index contributed by atoms with van der Waals surface area (Å²) in [7, 11) is 0. The van der Waals surface area contributed by atoms with Crippen LogP contribution in [-0.2, 0) is 14.3 Å². The Kier molecular flexibility index (Phi) is 5.54. The Morgan fingerprint density at radius 1 is 1.69 bits per heavy atom. The monoisotopic (exact) mass is 187 g/mol. The van der Waals surface area contributed by atoms with Crippen molar-refractivity contribution in [3.63, 3.8) is 0 Å². The van der Waals surface area contributed by atoms with E-state index in [4.69, 9.17) is 5.11 Å². The molecule has 5 heteroatoms. The van der Waals surface area contributed by atoms with Gasteiger partial charge in [0.2, 0.25) is 12.1 Å². The summed E-state index contributed by atoms with van der Waals surface area (Å²) in [5.74, 6) is -1.49. The molecule has 0 bridgehead atoms. The molecule has 1 amide bonds. The van der Waals surface area contributed by atoms with Gasteiger partial charge in [-0.05, 0) is 12.5 Å². The van der Waals surface area contributed by atoms with E-state index in [1.165, 1.54) is 0 Å². The van der Waals surface area contributed by atoms with Gasteiger partial charge in [-0.3, -0.25) is 4.79 Å². The lowest BCUT2D eigenvalue weighted by Crippen LogP contribution is -2.40. The van der Waals surface area contributed by atoms with Crippen LogP contribution < -0.4 is 5.32 Å². The van der Waals surface area contributed by atoms with Gasteiger partial charge >= 0.3 is 5.97 Å². The van der Waals surface area contributed by atoms with E-state index in [9.17, 15) is 9.59 Å². The van der Waals surface area contributed by atoms with Gasteiger partial charge in [-0.2, -0.15) is 0 Å². The largest absolute Gasteiger partial charge is 0.462 e. The molecule has 0 aromatic rings. The summed E-state index contributed by atoms with van der Waals surface area (Å²) >= 11 is 0. The maximum atomic E-state index is 10.8. The van der Waals surface area contributed by atoms with Gasteiger partial charge < -0.3 is 15.2 Å². The fourth-order valence-electron chi connectivity index (χ4n) is 0.534. The molecule has 0 saturated heterocycles. The summed E-state index contributed by atoms with van der Waals surface area (Å²) in [6.07, 6.45) is 0.00142. The minimum absolute atomic E-state index is 0.222. The molecule has 0 heterocycles. The molecule has 5 nitrogen and oxygen atoms in total. The topological polar surface area (TPSA) is 75.6 Å². The standard InChI is InChI=1S/C8H13NO4/c1-3-5-13-8(12)7(11)9-6(10)4-2/h4,7,11H,2-3,5H2,1H3,(H,9,10). The number of aliphatic hydroxyl groups excluding tert-OH is 1. The fourth-order valence-corrected chi connectivity index (χ4v) is 0.534. The minimum Gasteiger partial charge on any atom is -0.462 e. The third-order valence-electron chi connectivity index (χ3n) is 1.14. The highest BCUT2D eigenvalue weighted by Gasteiger charge is 2.16. The van der Waals surface area contributed by atoms with E-state index < -0.39 is 18.1 Å². The Bertz CT molecular complexity index is 202. The highest BCUT2D eigenvalue weighted by molar-refractivity contribution is 5.90. The normalized spacial score (nSPS) is 11.5. The van der Waals surface area contributed by atoms with E-state index in [1.54, 1.807) is 0 Å². The lowest BCUT2D eigenvalue weighted by atomic mass is 10.5. The van der Waals surface area contributed by atoms with E-state index in [2.05, 4.69) is 11.3 Å².